The predicted molar refractivity (Wildman–Crippen MR) is 113 cm³/mol. The van der Waals surface area contributed by atoms with Gasteiger partial charge in [-0.3, -0.25) is 10.9 Å². The van der Waals surface area contributed by atoms with E-state index in [2.05, 4.69) is 33.6 Å². The second-order valence-electron chi connectivity index (χ2n) is 5.37. The van der Waals surface area contributed by atoms with Crippen LogP contribution in [-0.4, -0.2) is 23.3 Å². The van der Waals surface area contributed by atoms with Gasteiger partial charge in [0.05, 0.1) is 0 Å². The molecule has 0 amide bonds. The van der Waals surface area contributed by atoms with E-state index in [-0.39, 0.29) is 0 Å². The van der Waals surface area contributed by atoms with Crippen LogP contribution < -0.4 is 21.5 Å². The molecular formula is C18H21ClN4S2. The van der Waals surface area contributed by atoms with Crippen LogP contribution in [0, 0.1) is 0 Å². The molecule has 0 fully saturated rings. The summed E-state index contributed by atoms with van der Waals surface area (Å²) in [4.78, 5) is 0. The summed E-state index contributed by atoms with van der Waals surface area (Å²) in [6.07, 6.45) is 1.77. The van der Waals surface area contributed by atoms with Crippen molar-refractivity contribution in [3.63, 3.8) is 0 Å². The Morgan fingerprint density at radius 3 is 1.72 bits per heavy atom. The fourth-order valence-corrected chi connectivity index (χ4v) is 2.57. The molecular weight excluding hydrogens is 372 g/mol. The third-order valence-corrected chi connectivity index (χ3v) is 4.19. The van der Waals surface area contributed by atoms with Crippen LogP contribution in [0.5, 0.6) is 0 Å². The lowest BCUT2D eigenvalue weighted by molar-refractivity contribution is 0.763. The minimum Gasteiger partial charge on any atom is -0.361 e. The van der Waals surface area contributed by atoms with Gasteiger partial charge in [0.1, 0.15) is 0 Å². The molecule has 0 aliphatic carbocycles. The number of hydrogen-bond acceptors (Lipinski definition) is 2. The largest absolute Gasteiger partial charge is 0.361 e. The van der Waals surface area contributed by atoms with Crippen molar-refractivity contribution in [2.24, 2.45) is 0 Å². The lowest BCUT2D eigenvalue weighted by atomic mass is 10.1. The number of thiocarbonyl (C=S) groups is 2. The van der Waals surface area contributed by atoms with Gasteiger partial charge in [0.2, 0.25) is 0 Å². The van der Waals surface area contributed by atoms with Crippen LogP contribution in [0.25, 0.3) is 0 Å². The van der Waals surface area contributed by atoms with Gasteiger partial charge in [-0.05, 0) is 60.5 Å². The highest BCUT2D eigenvalue weighted by Crippen LogP contribution is 2.09. The summed E-state index contributed by atoms with van der Waals surface area (Å²) in [5, 5.41) is 8.01. The molecule has 0 unspecified atom stereocenters. The number of halogens is 1. The van der Waals surface area contributed by atoms with E-state index < -0.39 is 0 Å². The summed E-state index contributed by atoms with van der Waals surface area (Å²) < 4.78 is 0. The quantitative estimate of drug-likeness (QED) is 0.448. The number of hydrogen-bond donors (Lipinski definition) is 4. The molecule has 0 spiro atoms. The highest BCUT2D eigenvalue weighted by molar-refractivity contribution is 7.80. The Morgan fingerprint density at radius 2 is 1.20 bits per heavy atom. The van der Waals surface area contributed by atoms with Crippen molar-refractivity contribution < 1.29 is 0 Å². The van der Waals surface area contributed by atoms with Crippen LogP contribution in [0.4, 0.5) is 0 Å². The molecule has 0 radical (unpaired) electrons. The topological polar surface area (TPSA) is 48.1 Å². The van der Waals surface area contributed by atoms with Gasteiger partial charge in [0.15, 0.2) is 10.2 Å². The molecule has 4 nitrogen and oxygen atoms in total. The van der Waals surface area contributed by atoms with Crippen molar-refractivity contribution >= 4 is 46.3 Å². The van der Waals surface area contributed by atoms with Crippen LogP contribution in [-0.2, 0) is 12.8 Å². The van der Waals surface area contributed by atoms with E-state index in [1.165, 1.54) is 11.1 Å². The zero-order chi connectivity index (χ0) is 17.9. The van der Waals surface area contributed by atoms with Crippen molar-refractivity contribution in [1.82, 2.24) is 21.5 Å². The molecule has 0 heterocycles. The van der Waals surface area contributed by atoms with Crippen molar-refractivity contribution in [1.29, 1.82) is 0 Å². The zero-order valence-corrected chi connectivity index (χ0v) is 16.1. The van der Waals surface area contributed by atoms with Gasteiger partial charge in [-0.15, -0.1) is 0 Å². The highest BCUT2D eigenvalue weighted by atomic mass is 35.5. The Labute approximate surface area is 164 Å². The molecule has 0 atom stereocenters. The molecule has 0 saturated carbocycles. The maximum absolute atomic E-state index is 5.87. The van der Waals surface area contributed by atoms with E-state index in [1.807, 2.05) is 42.5 Å². The smallest absolute Gasteiger partial charge is 0.185 e. The minimum atomic E-state index is 0.501. The lowest BCUT2D eigenvalue weighted by Crippen LogP contribution is -2.50. The van der Waals surface area contributed by atoms with Crippen LogP contribution in [0.15, 0.2) is 54.6 Å². The molecule has 0 aromatic heterocycles. The molecule has 132 valence electrons. The maximum Gasteiger partial charge on any atom is 0.185 e. The molecule has 2 rings (SSSR count). The first kappa shape index (κ1) is 19.4. The van der Waals surface area contributed by atoms with Crippen molar-refractivity contribution in [2.45, 2.75) is 12.8 Å². The number of benzene rings is 2. The summed E-state index contributed by atoms with van der Waals surface area (Å²) >= 11 is 16.3. The maximum atomic E-state index is 5.87. The summed E-state index contributed by atoms with van der Waals surface area (Å²) in [6.45, 7) is 1.48. The average molecular weight is 393 g/mol. The Balaban J connectivity index is 1.54. The highest BCUT2D eigenvalue weighted by Gasteiger charge is 1.99. The lowest BCUT2D eigenvalue weighted by Gasteiger charge is -2.14. The van der Waals surface area contributed by atoms with Gasteiger partial charge in [-0.2, -0.15) is 0 Å². The average Bonchev–Trinajstić information content (AvgIpc) is 2.62. The zero-order valence-electron chi connectivity index (χ0n) is 13.7. The summed E-state index contributed by atoms with van der Waals surface area (Å²) in [5.41, 5.74) is 8.21. The fourth-order valence-electron chi connectivity index (χ4n) is 2.14. The Bertz CT molecular complexity index is 677. The first-order chi connectivity index (χ1) is 12.1. The fraction of sp³-hybridized carbons (Fsp3) is 0.222. The van der Waals surface area contributed by atoms with Gasteiger partial charge >= 0.3 is 0 Å². The molecule has 0 saturated heterocycles. The van der Waals surface area contributed by atoms with Crippen molar-refractivity contribution in [3.05, 3.63) is 70.7 Å². The van der Waals surface area contributed by atoms with Crippen LogP contribution in [0.1, 0.15) is 11.1 Å². The first-order valence-electron chi connectivity index (χ1n) is 7.99. The van der Waals surface area contributed by atoms with Gasteiger partial charge in [-0.1, -0.05) is 54.1 Å². The van der Waals surface area contributed by atoms with Crippen LogP contribution in [0.3, 0.4) is 0 Å². The van der Waals surface area contributed by atoms with E-state index in [9.17, 15) is 0 Å². The standard InChI is InChI=1S/C18H21ClN4S2/c19-16-8-6-15(7-9-16)11-13-21-18(25)23-22-17(24)20-12-10-14-4-2-1-3-5-14/h1-9H,10-13H2,(H2,20,22,24)(H2,21,23,25). The van der Waals surface area contributed by atoms with Crippen molar-refractivity contribution in [3.8, 4) is 0 Å². The summed E-state index contributed by atoms with van der Waals surface area (Å²) in [7, 11) is 0. The predicted octanol–water partition coefficient (Wildman–Crippen LogP) is 2.97. The SMILES string of the molecule is S=C(NCCc1ccccc1)NNC(=S)NCCc1ccc(Cl)cc1. The molecule has 7 heteroatoms. The monoisotopic (exact) mass is 392 g/mol. The van der Waals surface area contributed by atoms with Crippen LogP contribution >= 0.6 is 36.0 Å². The van der Waals surface area contributed by atoms with E-state index in [0.29, 0.717) is 10.2 Å². The first-order valence-corrected chi connectivity index (χ1v) is 9.19. The normalized spacial score (nSPS) is 9.96. The molecule has 0 aliphatic heterocycles. The third-order valence-electron chi connectivity index (χ3n) is 3.44. The Kier molecular flexibility index (Phi) is 8.45. The molecule has 0 aliphatic rings. The van der Waals surface area contributed by atoms with Crippen LogP contribution in [0.2, 0.25) is 5.02 Å². The molecule has 2 aromatic carbocycles. The van der Waals surface area contributed by atoms with E-state index in [4.69, 9.17) is 36.0 Å². The van der Waals surface area contributed by atoms with Gasteiger partial charge < -0.3 is 10.6 Å². The molecule has 0 bridgehead atoms. The van der Waals surface area contributed by atoms with Gasteiger partial charge in [0.25, 0.3) is 0 Å². The molecule has 2 aromatic rings. The number of hydrazine groups is 1. The van der Waals surface area contributed by atoms with E-state index in [1.54, 1.807) is 0 Å². The summed E-state index contributed by atoms with van der Waals surface area (Å²) in [6, 6.07) is 18.0. The van der Waals surface area contributed by atoms with E-state index >= 15 is 0 Å². The number of rotatable bonds is 6. The second kappa shape index (κ2) is 10.9. The summed E-state index contributed by atoms with van der Waals surface area (Å²) in [5.74, 6) is 0. The molecule has 4 N–H and O–H groups in total. The molecule has 25 heavy (non-hydrogen) atoms. The third kappa shape index (κ3) is 8.16. The second-order valence-corrected chi connectivity index (χ2v) is 6.63. The Morgan fingerprint density at radius 1 is 0.720 bits per heavy atom. The number of nitrogens with one attached hydrogen (secondary N) is 4. The van der Waals surface area contributed by atoms with Crippen molar-refractivity contribution in [2.75, 3.05) is 13.1 Å². The van der Waals surface area contributed by atoms with E-state index in [0.717, 1.165) is 31.0 Å². The minimum absolute atomic E-state index is 0.501. The van der Waals surface area contributed by atoms with Gasteiger partial charge in [0, 0.05) is 18.1 Å². The van der Waals surface area contributed by atoms with Gasteiger partial charge in [-0.25, -0.2) is 0 Å². The Hall–Kier alpha value is -1.89.